The number of hydrogen-bond donors (Lipinski definition) is 2. The molecule has 0 bridgehead atoms. The van der Waals surface area contributed by atoms with E-state index in [-0.39, 0.29) is 36.4 Å². The van der Waals surface area contributed by atoms with Crippen LogP contribution in [0, 0.1) is 5.82 Å². The second kappa shape index (κ2) is 8.52. The van der Waals surface area contributed by atoms with Crippen molar-refractivity contribution >= 4 is 29.1 Å². The van der Waals surface area contributed by atoms with Gasteiger partial charge in [-0.05, 0) is 42.8 Å². The minimum Gasteiger partial charge on any atom is -0.368 e. The third-order valence-corrected chi connectivity index (χ3v) is 5.52. The Hall–Kier alpha value is -3.42. The molecule has 2 aliphatic rings. The number of piperazine rings is 1. The summed E-state index contributed by atoms with van der Waals surface area (Å²) in [7, 11) is 0. The second-order valence-corrected chi connectivity index (χ2v) is 7.44. The molecular weight excluding hydrogens is 387 g/mol. The van der Waals surface area contributed by atoms with Crippen LogP contribution in [0.4, 0.5) is 15.8 Å². The van der Waals surface area contributed by atoms with E-state index < -0.39 is 6.04 Å². The highest BCUT2D eigenvalue weighted by molar-refractivity contribution is 6.09. The highest BCUT2D eigenvalue weighted by Crippen LogP contribution is 2.20. The van der Waals surface area contributed by atoms with Crippen molar-refractivity contribution in [2.45, 2.75) is 18.9 Å². The van der Waals surface area contributed by atoms with E-state index in [1.165, 1.54) is 12.1 Å². The first-order valence-electron chi connectivity index (χ1n) is 10.0. The summed E-state index contributed by atoms with van der Waals surface area (Å²) in [6.45, 7) is 2.44. The van der Waals surface area contributed by atoms with Crippen LogP contribution in [0.3, 0.4) is 0 Å². The summed E-state index contributed by atoms with van der Waals surface area (Å²) in [6.07, 6.45) is 0.411. The Balaban J connectivity index is 1.29. The van der Waals surface area contributed by atoms with Gasteiger partial charge in [-0.2, -0.15) is 0 Å². The first-order chi connectivity index (χ1) is 14.5. The molecule has 0 radical (unpaired) electrons. The molecule has 2 aliphatic heterocycles. The van der Waals surface area contributed by atoms with Gasteiger partial charge in [0.15, 0.2) is 0 Å². The fraction of sp³-hybridized carbons (Fsp3) is 0.318. The maximum atomic E-state index is 13.1. The SMILES string of the molecule is O=C1N[C@H](CCC(=O)N2CCN(c3ccc(F)cc3)CC2)C(=O)Nc2ccccc21. The van der Waals surface area contributed by atoms with E-state index >= 15 is 0 Å². The molecule has 30 heavy (non-hydrogen) atoms. The summed E-state index contributed by atoms with van der Waals surface area (Å²) in [5, 5.41) is 5.47. The number of carbonyl (C=O) groups is 3. The summed E-state index contributed by atoms with van der Waals surface area (Å²) in [4.78, 5) is 41.3. The van der Waals surface area contributed by atoms with Gasteiger partial charge in [0.05, 0.1) is 11.3 Å². The first kappa shape index (κ1) is 19.9. The Kier molecular flexibility index (Phi) is 5.65. The number of fused-ring (bicyclic) bond motifs is 1. The van der Waals surface area contributed by atoms with Crippen LogP contribution >= 0.6 is 0 Å². The second-order valence-electron chi connectivity index (χ2n) is 7.44. The summed E-state index contributed by atoms with van der Waals surface area (Å²) >= 11 is 0. The zero-order valence-electron chi connectivity index (χ0n) is 16.4. The number of hydrogen-bond acceptors (Lipinski definition) is 4. The monoisotopic (exact) mass is 410 g/mol. The molecule has 8 heteroatoms. The third-order valence-electron chi connectivity index (χ3n) is 5.52. The fourth-order valence-electron chi connectivity index (χ4n) is 3.81. The molecule has 0 unspecified atom stereocenters. The van der Waals surface area contributed by atoms with E-state index in [0.717, 1.165) is 5.69 Å². The van der Waals surface area contributed by atoms with Crippen molar-refractivity contribution in [2.75, 3.05) is 36.4 Å². The van der Waals surface area contributed by atoms with Crippen LogP contribution in [0.5, 0.6) is 0 Å². The van der Waals surface area contributed by atoms with E-state index in [2.05, 4.69) is 15.5 Å². The van der Waals surface area contributed by atoms with Crippen LogP contribution in [0.2, 0.25) is 0 Å². The fourth-order valence-corrected chi connectivity index (χ4v) is 3.81. The molecule has 4 rings (SSSR count). The number of nitrogens with zero attached hydrogens (tertiary/aromatic N) is 2. The standard InChI is InChI=1S/C22H23FN4O3/c23-15-5-7-16(8-6-15)26-11-13-27(14-12-26)20(28)10-9-19-22(30)24-18-4-2-1-3-17(18)21(29)25-19/h1-8,19H,9-14H2,(H,24,30)(H,25,29)/t19-/m1/s1. The number of nitrogens with one attached hydrogen (secondary N) is 2. The lowest BCUT2D eigenvalue weighted by Crippen LogP contribution is -2.49. The van der Waals surface area contributed by atoms with Crippen molar-refractivity contribution in [2.24, 2.45) is 0 Å². The minimum absolute atomic E-state index is 0.0439. The first-order valence-corrected chi connectivity index (χ1v) is 10.0. The Morgan fingerprint density at radius 3 is 2.43 bits per heavy atom. The van der Waals surface area contributed by atoms with Crippen LogP contribution in [0.1, 0.15) is 23.2 Å². The van der Waals surface area contributed by atoms with E-state index in [4.69, 9.17) is 0 Å². The zero-order valence-corrected chi connectivity index (χ0v) is 16.4. The van der Waals surface area contributed by atoms with Crippen LogP contribution < -0.4 is 15.5 Å². The number of halogens is 1. The summed E-state index contributed by atoms with van der Waals surface area (Å²) < 4.78 is 13.1. The summed E-state index contributed by atoms with van der Waals surface area (Å²) in [5.41, 5.74) is 1.82. The number of rotatable bonds is 4. The lowest BCUT2D eigenvalue weighted by molar-refractivity contribution is -0.131. The molecule has 0 saturated carbocycles. The van der Waals surface area contributed by atoms with Gasteiger partial charge in [-0.3, -0.25) is 14.4 Å². The Bertz CT molecular complexity index is 955. The lowest BCUT2D eigenvalue weighted by Gasteiger charge is -2.36. The molecule has 2 N–H and O–H groups in total. The average Bonchev–Trinajstić information content (AvgIpc) is 2.88. The molecule has 2 heterocycles. The van der Waals surface area contributed by atoms with Crippen LogP contribution in [0.25, 0.3) is 0 Å². The molecule has 1 saturated heterocycles. The molecule has 0 spiro atoms. The van der Waals surface area contributed by atoms with Crippen molar-refractivity contribution in [1.29, 1.82) is 0 Å². The van der Waals surface area contributed by atoms with Gasteiger partial charge < -0.3 is 20.4 Å². The molecule has 1 fully saturated rings. The maximum absolute atomic E-state index is 13.1. The van der Waals surface area contributed by atoms with Gasteiger partial charge in [-0.15, -0.1) is 0 Å². The molecule has 156 valence electrons. The van der Waals surface area contributed by atoms with Crippen molar-refractivity contribution in [3.05, 3.63) is 59.9 Å². The highest BCUT2D eigenvalue weighted by atomic mass is 19.1. The molecular formula is C22H23FN4O3. The molecule has 0 aromatic heterocycles. The normalized spacial score (nSPS) is 18.9. The Morgan fingerprint density at radius 1 is 1.00 bits per heavy atom. The summed E-state index contributed by atoms with van der Waals surface area (Å²) in [5.74, 6) is -0.959. The van der Waals surface area contributed by atoms with Crippen LogP contribution in [-0.4, -0.2) is 54.8 Å². The molecule has 1 atom stereocenters. The van der Waals surface area contributed by atoms with Crippen LogP contribution in [-0.2, 0) is 9.59 Å². The largest absolute Gasteiger partial charge is 0.368 e. The van der Waals surface area contributed by atoms with Crippen LogP contribution in [0.15, 0.2) is 48.5 Å². The summed E-state index contributed by atoms with van der Waals surface area (Å²) in [6, 6.07) is 12.4. The van der Waals surface area contributed by atoms with Gasteiger partial charge in [0, 0.05) is 38.3 Å². The van der Waals surface area contributed by atoms with Crippen molar-refractivity contribution < 1.29 is 18.8 Å². The van der Waals surface area contributed by atoms with Gasteiger partial charge in [0.25, 0.3) is 5.91 Å². The van der Waals surface area contributed by atoms with E-state index in [9.17, 15) is 18.8 Å². The van der Waals surface area contributed by atoms with E-state index in [1.54, 1.807) is 41.3 Å². The van der Waals surface area contributed by atoms with Gasteiger partial charge in [0.2, 0.25) is 11.8 Å². The smallest absolute Gasteiger partial charge is 0.254 e. The predicted molar refractivity (Wildman–Crippen MR) is 111 cm³/mol. The molecule has 0 aliphatic carbocycles. The molecule has 7 nitrogen and oxygen atoms in total. The van der Waals surface area contributed by atoms with E-state index in [1.807, 2.05) is 0 Å². The molecule has 2 aromatic rings. The van der Waals surface area contributed by atoms with Gasteiger partial charge in [0.1, 0.15) is 11.9 Å². The number of amides is 3. The topological polar surface area (TPSA) is 81.8 Å². The number of benzene rings is 2. The highest BCUT2D eigenvalue weighted by Gasteiger charge is 2.29. The van der Waals surface area contributed by atoms with E-state index in [0.29, 0.717) is 37.4 Å². The van der Waals surface area contributed by atoms with Crippen molar-refractivity contribution in [3.63, 3.8) is 0 Å². The molecule has 2 aromatic carbocycles. The predicted octanol–water partition coefficient (Wildman–Crippen LogP) is 2.01. The Morgan fingerprint density at radius 2 is 1.70 bits per heavy atom. The number of carbonyl (C=O) groups excluding carboxylic acids is 3. The third kappa shape index (κ3) is 4.27. The van der Waals surface area contributed by atoms with Crippen molar-refractivity contribution in [1.82, 2.24) is 10.2 Å². The van der Waals surface area contributed by atoms with Crippen molar-refractivity contribution in [3.8, 4) is 0 Å². The molecule has 3 amide bonds. The Labute approximate surface area is 173 Å². The van der Waals surface area contributed by atoms with Gasteiger partial charge >= 0.3 is 0 Å². The lowest BCUT2D eigenvalue weighted by atomic mass is 10.1. The van der Waals surface area contributed by atoms with Gasteiger partial charge in [-0.1, -0.05) is 12.1 Å². The average molecular weight is 410 g/mol. The number of para-hydroxylation sites is 1. The quantitative estimate of drug-likeness (QED) is 0.808. The maximum Gasteiger partial charge on any atom is 0.254 e. The number of anilines is 2. The zero-order chi connectivity index (χ0) is 21.1. The van der Waals surface area contributed by atoms with Gasteiger partial charge in [-0.25, -0.2) is 4.39 Å². The minimum atomic E-state index is -0.755.